The largest absolute Gasteiger partial charge is 0.480 e. The number of ether oxygens (including phenoxy) is 1. The van der Waals surface area contributed by atoms with Gasteiger partial charge in [-0.05, 0) is 36.4 Å². The number of likely N-dealkylation sites (N-methyl/N-ethyl adjacent to an activating group) is 1. The average molecular weight is 390 g/mol. The van der Waals surface area contributed by atoms with Gasteiger partial charge in [0.25, 0.3) is 11.8 Å². The maximum absolute atomic E-state index is 12.5. The Labute approximate surface area is 165 Å². The molecule has 0 fully saturated rings. The second-order valence-electron chi connectivity index (χ2n) is 6.10. The van der Waals surface area contributed by atoms with E-state index in [1.165, 1.54) is 0 Å². The van der Waals surface area contributed by atoms with Gasteiger partial charge in [-0.15, -0.1) is 12.4 Å². The Hall–Kier alpha value is -2.57. The molecule has 2 aromatic carbocycles. The van der Waals surface area contributed by atoms with Gasteiger partial charge in [0.05, 0.1) is 0 Å². The molecule has 27 heavy (non-hydrogen) atoms. The van der Waals surface area contributed by atoms with Gasteiger partial charge < -0.3 is 20.7 Å². The third-order valence-corrected chi connectivity index (χ3v) is 4.17. The van der Waals surface area contributed by atoms with Gasteiger partial charge in [0.15, 0.2) is 6.10 Å². The Morgan fingerprint density at radius 2 is 1.93 bits per heavy atom. The number of amides is 2. The number of anilines is 1. The van der Waals surface area contributed by atoms with Gasteiger partial charge in [-0.1, -0.05) is 31.2 Å². The summed E-state index contributed by atoms with van der Waals surface area (Å²) < 4.78 is 5.70. The molecule has 1 heterocycles. The van der Waals surface area contributed by atoms with Crippen molar-refractivity contribution in [2.75, 3.05) is 25.0 Å². The fourth-order valence-corrected chi connectivity index (χ4v) is 2.83. The minimum absolute atomic E-state index is 0. The van der Waals surface area contributed by atoms with Crippen molar-refractivity contribution < 1.29 is 14.3 Å². The van der Waals surface area contributed by atoms with E-state index in [0.717, 1.165) is 24.4 Å². The summed E-state index contributed by atoms with van der Waals surface area (Å²) in [6, 6.07) is 14.5. The van der Waals surface area contributed by atoms with Crippen molar-refractivity contribution in [1.29, 1.82) is 0 Å². The monoisotopic (exact) mass is 389 g/mol. The fraction of sp³-hybridized carbons (Fsp3) is 0.300. The summed E-state index contributed by atoms with van der Waals surface area (Å²) in [4.78, 5) is 24.6. The van der Waals surface area contributed by atoms with E-state index in [0.29, 0.717) is 24.2 Å². The normalized spacial score (nSPS) is 14.5. The lowest BCUT2D eigenvalue weighted by molar-refractivity contribution is -0.122. The third-order valence-electron chi connectivity index (χ3n) is 4.17. The summed E-state index contributed by atoms with van der Waals surface area (Å²) in [5, 5.41) is 8.82. The predicted molar refractivity (Wildman–Crippen MR) is 108 cm³/mol. The van der Waals surface area contributed by atoms with E-state index in [1.54, 1.807) is 24.3 Å². The van der Waals surface area contributed by atoms with Crippen LogP contribution in [0.4, 0.5) is 5.69 Å². The molecule has 0 aliphatic carbocycles. The molecular weight excluding hydrogens is 366 g/mol. The maximum atomic E-state index is 12.5. The van der Waals surface area contributed by atoms with E-state index in [4.69, 9.17) is 4.74 Å². The van der Waals surface area contributed by atoms with Crippen LogP contribution in [0.15, 0.2) is 48.5 Å². The number of hydrogen-bond donors (Lipinski definition) is 3. The van der Waals surface area contributed by atoms with Crippen molar-refractivity contribution in [3.8, 4) is 5.75 Å². The van der Waals surface area contributed by atoms with Gasteiger partial charge in [0, 0.05) is 30.8 Å². The summed E-state index contributed by atoms with van der Waals surface area (Å²) in [6.07, 6.45) is -0.00270. The van der Waals surface area contributed by atoms with Crippen LogP contribution < -0.4 is 20.7 Å². The first-order valence-corrected chi connectivity index (χ1v) is 8.82. The summed E-state index contributed by atoms with van der Waals surface area (Å²) in [5.41, 5.74) is 2.12. The molecule has 0 spiro atoms. The highest BCUT2D eigenvalue weighted by Crippen LogP contribution is 2.28. The zero-order valence-electron chi connectivity index (χ0n) is 15.2. The molecule has 3 rings (SSSR count). The van der Waals surface area contributed by atoms with Crippen molar-refractivity contribution in [2.24, 2.45) is 0 Å². The van der Waals surface area contributed by atoms with Gasteiger partial charge >= 0.3 is 0 Å². The smallest absolute Gasteiger partial charge is 0.265 e. The number of benzene rings is 2. The van der Waals surface area contributed by atoms with Gasteiger partial charge in [-0.3, -0.25) is 9.59 Å². The van der Waals surface area contributed by atoms with E-state index >= 15 is 0 Å². The van der Waals surface area contributed by atoms with Crippen molar-refractivity contribution in [3.05, 3.63) is 59.7 Å². The Morgan fingerprint density at radius 3 is 2.70 bits per heavy atom. The maximum Gasteiger partial charge on any atom is 0.265 e. The molecule has 0 aromatic heterocycles. The van der Waals surface area contributed by atoms with Crippen LogP contribution in [-0.2, 0) is 11.2 Å². The van der Waals surface area contributed by atoms with Crippen molar-refractivity contribution >= 4 is 29.9 Å². The lowest BCUT2D eigenvalue weighted by atomic mass is 10.1. The molecule has 7 heteroatoms. The molecule has 0 bridgehead atoms. The number of carbonyl (C=O) groups excluding carboxylic acids is 2. The number of nitrogens with one attached hydrogen (secondary N) is 3. The zero-order chi connectivity index (χ0) is 18.4. The van der Waals surface area contributed by atoms with Crippen LogP contribution >= 0.6 is 12.4 Å². The number of fused-ring (bicyclic) bond motifs is 1. The Kier molecular flexibility index (Phi) is 7.64. The molecule has 1 atom stereocenters. The molecule has 0 radical (unpaired) electrons. The highest BCUT2D eigenvalue weighted by Gasteiger charge is 2.28. The van der Waals surface area contributed by atoms with Gasteiger partial charge in [-0.25, -0.2) is 0 Å². The molecule has 144 valence electrons. The molecule has 2 aromatic rings. The van der Waals surface area contributed by atoms with Crippen LogP contribution in [-0.4, -0.2) is 37.6 Å². The highest BCUT2D eigenvalue weighted by atomic mass is 35.5. The van der Waals surface area contributed by atoms with Crippen molar-refractivity contribution in [1.82, 2.24) is 10.6 Å². The predicted octanol–water partition coefficient (Wildman–Crippen LogP) is 2.39. The van der Waals surface area contributed by atoms with Crippen LogP contribution in [0.1, 0.15) is 22.8 Å². The highest BCUT2D eigenvalue weighted by molar-refractivity contribution is 5.98. The first kappa shape index (κ1) is 20.7. The molecule has 1 aliphatic heterocycles. The second-order valence-corrected chi connectivity index (χ2v) is 6.10. The summed E-state index contributed by atoms with van der Waals surface area (Å²) in [6.45, 7) is 4.15. The number of halogens is 1. The zero-order valence-corrected chi connectivity index (χ0v) is 16.0. The Morgan fingerprint density at radius 1 is 1.11 bits per heavy atom. The molecule has 0 saturated heterocycles. The number of hydrogen-bond acceptors (Lipinski definition) is 4. The SMILES string of the molecule is CCNCCNC(=O)c1cccc(NC(=O)C2Cc3ccccc3O2)c1.Cl. The first-order valence-electron chi connectivity index (χ1n) is 8.82. The van der Waals surface area contributed by atoms with E-state index in [9.17, 15) is 9.59 Å². The van der Waals surface area contributed by atoms with Crippen molar-refractivity contribution in [3.63, 3.8) is 0 Å². The van der Waals surface area contributed by atoms with Crippen molar-refractivity contribution in [2.45, 2.75) is 19.4 Å². The van der Waals surface area contributed by atoms with Crippen LogP contribution in [0.2, 0.25) is 0 Å². The lowest BCUT2D eigenvalue weighted by Gasteiger charge is -2.12. The summed E-state index contributed by atoms with van der Waals surface area (Å²) in [5.74, 6) is 0.371. The van der Waals surface area contributed by atoms with Crippen LogP contribution in [0, 0.1) is 0 Å². The van der Waals surface area contributed by atoms with E-state index in [1.807, 2.05) is 31.2 Å². The first-order chi connectivity index (χ1) is 12.7. The Bertz CT molecular complexity index is 773. The lowest BCUT2D eigenvalue weighted by Crippen LogP contribution is -2.32. The number of para-hydroxylation sites is 1. The van der Waals surface area contributed by atoms with E-state index in [2.05, 4.69) is 16.0 Å². The fourth-order valence-electron chi connectivity index (χ4n) is 2.83. The van der Waals surface area contributed by atoms with Gasteiger partial charge in [0.2, 0.25) is 0 Å². The molecular formula is C20H24ClN3O3. The third kappa shape index (κ3) is 5.45. The van der Waals surface area contributed by atoms with Gasteiger partial charge in [0.1, 0.15) is 5.75 Å². The minimum Gasteiger partial charge on any atom is -0.480 e. The van der Waals surface area contributed by atoms with Crippen LogP contribution in [0.5, 0.6) is 5.75 Å². The summed E-state index contributed by atoms with van der Waals surface area (Å²) in [7, 11) is 0. The molecule has 6 nitrogen and oxygen atoms in total. The van der Waals surface area contributed by atoms with E-state index in [-0.39, 0.29) is 24.2 Å². The number of carbonyl (C=O) groups is 2. The van der Waals surface area contributed by atoms with E-state index < -0.39 is 6.10 Å². The topological polar surface area (TPSA) is 79.5 Å². The standard InChI is InChI=1S/C20H23N3O3.ClH/c1-2-21-10-11-22-19(24)15-7-5-8-16(12-15)23-20(25)18-13-14-6-3-4-9-17(14)26-18;/h3-9,12,18,21H,2,10-11,13H2,1H3,(H,22,24)(H,23,25);1H. The van der Waals surface area contributed by atoms with Crippen LogP contribution in [0.3, 0.4) is 0 Å². The van der Waals surface area contributed by atoms with Gasteiger partial charge in [-0.2, -0.15) is 0 Å². The summed E-state index contributed by atoms with van der Waals surface area (Å²) >= 11 is 0. The molecule has 0 saturated carbocycles. The molecule has 3 N–H and O–H groups in total. The Balaban J connectivity index is 0.00000261. The average Bonchev–Trinajstić information content (AvgIpc) is 3.10. The minimum atomic E-state index is -0.551. The molecule has 1 unspecified atom stereocenters. The molecule has 2 amide bonds. The second kappa shape index (κ2) is 9.94. The number of rotatable bonds is 7. The molecule has 1 aliphatic rings. The quantitative estimate of drug-likeness (QED) is 0.635. The van der Waals surface area contributed by atoms with Crippen LogP contribution in [0.25, 0.3) is 0 Å².